The van der Waals surface area contributed by atoms with Crippen molar-refractivity contribution in [3.05, 3.63) is 29.6 Å². The number of carbonyl (C=O) groups is 1. The summed E-state index contributed by atoms with van der Waals surface area (Å²) in [5.74, 6) is -0.250. The Morgan fingerprint density at radius 3 is 2.88 bits per heavy atom. The quantitative estimate of drug-likeness (QED) is 0.769. The Kier molecular flexibility index (Phi) is 4.92. The fourth-order valence-corrected chi connectivity index (χ4v) is 1.53. The number of aryl methyl sites for hydroxylation is 1. The monoisotopic (exact) mass is 222 g/mol. The fraction of sp³-hybridized carbons (Fsp3) is 0.500. The van der Waals surface area contributed by atoms with Crippen molar-refractivity contribution in [3.63, 3.8) is 0 Å². The average molecular weight is 222 g/mol. The zero-order chi connectivity index (χ0) is 12.0. The van der Waals surface area contributed by atoms with Gasteiger partial charge in [-0.3, -0.25) is 4.98 Å². The summed E-state index contributed by atoms with van der Waals surface area (Å²) in [4.78, 5) is 15.8. The van der Waals surface area contributed by atoms with Crippen molar-refractivity contribution in [2.75, 3.05) is 13.2 Å². The van der Waals surface area contributed by atoms with Crippen LogP contribution in [0.2, 0.25) is 0 Å². The number of rotatable bonds is 5. The van der Waals surface area contributed by atoms with E-state index >= 15 is 0 Å². The van der Waals surface area contributed by atoms with Gasteiger partial charge >= 0.3 is 5.97 Å². The second kappa shape index (κ2) is 6.23. The molecule has 0 spiro atoms. The number of pyridine rings is 1. The molecule has 1 aromatic rings. The molecule has 0 saturated heterocycles. The van der Waals surface area contributed by atoms with Crippen molar-refractivity contribution < 1.29 is 9.53 Å². The lowest BCUT2D eigenvalue weighted by atomic mass is 10.0. The van der Waals surface area contributed by atoms with Crippen LogP contribution in [0.25, 0.3) is 0 Å². The molecule has 88 valence electrons. The molecule has 0 aliphatic rings. The lowest BCUT2D eigenvalue weighted by Crippen LogP contribution is -2.30. The highest BCUT2D eigenvalue weighted by atomic mass is 16.5. The highest BCUT2D eigenvalue weighted by Gasteiger charge is 2.22. The number of hydrogen-bond donors (Lipinski definition) is 1. The predicted octanol–water partition coefficient (Wildman–Crippen LogP) is 1.60. The number of ether oxygens (including phenoxy) is 1. The first-order valence-corrected chi connectivity index (χ1v) is 5.51. The summed E-state index contributed by atoms with van der Waals surface area (Å²) in [6, 6.07) is 1.47. The molecule has 16 heavy (non-hydrogen) atoms. The highest BCUT2D eigenvalue weighted by Crippen LogP contribution is 2.17. The van der Waals surface area contributed by atoms with Gasteiger partial charge in [0, 0.05) is 18.0 Å². The lowest BCUT2D eigenvalue weighted by molar-refractivity contribution is -0.145. The fourth-order valence-electron chi connectivity index (χ4n) is 1.53. The van der Waals surface area contributed by atoms with Gasteiger partial charge in [0.25, 0.3) is 0 Å². The molecule has 0 radical (unpaired) electrons. The van der Waals surface area contributed by atoms with Crippen LogP contribution in [0.15, 0.2) is 18.5 Å². The van der Waals surface area contributed by atoms with Crippen molar-refractivity contribution in [2.24, 2.45) is 0 Å². The van der Waals surface area contributed by atoms with Crippen LogP contribution in [-0.2, 0) is 9.53 Å². The average Bonchev–Trinajstić information content (AvgIpc) is 2.27. The van der Waals surface area contributed by atoms with Gasteiger partial charge in [0.1, 0.15) is 6.04 Å². The number of aromatic nitrogens is 1. The van der Waals surface area contributed by atoms with Gasteiger partial charge in [0.05, 0.1) is 6.61 Å². The van der Waals surface area contributed by atoms with Gasteiger partial charge in [-0.15, -0.1) is 0 Å². The number of hydrogen-bond acceptors (Lipinski definition) is 4. The van der Waals surface area contributed by atoms with Crippen molar-refractivity contribution in [1.29, 1.82) is 0 Å². The Hall–Kier alpha value is -1.42. The number of nitrogens with one attached hydrogen (secondary N) is 1. The van der Waals surface area contributed by atoms with Gasteiger partial charge in [0.15, 0.2) is 0 Å². The van der Waals surface area contributed by atoms with E-state index in [1.54, 1.807) is 19.3 Å². The van der Waals surface area contributed by atoms with Crippen LogP contribution in [0, 0.1) is 6.92 Å². The first-order chi connectivity index (χ1) is 7.70. The van der Waals surface area contributed by atoms with Crippen molar-refractivity contribution >= 4 is 5.97 Å². The Bertz CT molecular complexity index is 353. The summed E-state index contributed by atoms with van der Waals surface area (Å²) >= 11 is 0. The van der Waals surface area contributed by atoms with E-state index in [4.69, 9.17) is 4.74 Å². The maximum atomic E-state index is 11.8. The molecule has 1 unspecified atom stereocenters. The van der Waals surface area contributed by atoms with Crippen LogP contribution in [0.5, 0.6) is 0 Å². The Labute approximate surface area is 96.0 Å². The van der Waals surface area contributed by atoms with E-state index in [9.17, 15) is 4.79 Å². The minimum Gasteiger partial charge on any atom is -0.465 e. The van der Waals surface area contributed by atoms with E-state index in [0.29, 0.717) is 13.2 Å². The molecule has 4 nitrogen and oxygen atoms in total. The summed E-state index contributed by atoms with van der Waals surface area (Å²) in [5.41, 5.74) is 1.91. The van der Waals surface area contributed by atoms with Gasteiger partial charge in [-0.25, -0.2) is 4.79 Å². The number of nitrogens with zero attached hydrogens (tertiary/aromatic N) is 1. The van der Waals surface area contributed by atoms with Crippen molar-refractivity contribution in [1.82, 2.24) is 10.3 Å². The standard InChI is InChI=1S/C12H18N2O2/c1-4-14-11(12(15)16-5-2)10-8-13-7-6-9(10)3/h6-8,11,14H,4-5H2,1-3H3. The van der Waals surface area contributed by atoms with Gasteiger partial charge < -0.3 is 10.1 Å². The smallest absolute Gasteiger partial charge is 0.327 e. The highest BCUT2D eigenvalue weighted by molar-refractivity contribution is 5.78. The topological polar surface area (TPSA) is 51.2 Å². The van der Waals surface area contributed by atoms with E-state index < -0.39 is 6.04 Å². The van der Waals surface area contributed by atoms with Gasteiger partial charge in [-0.2, -0.15) is 0 Å². The third-order valence-electron chi connectivity index (χ3n) is 2.32. The van der Waals surface area contributed by atoms with E-state index in [2.05, 4.69) is 10.3 Å². The third kappa shape index (κ3) is 3.03. The Morgan fingerprint density at radius 1 is 1.56 bits per heavy atom. The molecule has 4 heteroatoms. The summed E-state index contributed by atoms with van der Waals surface area (Å²) in [7, 11) is 0. The minimum atomic E-state index is -0.418. The SMILES string of the molecule is CCNC(C(=O)OCC)c1cnccc1C. The molecular formula is C12H18N2O2. The van der Waals surface area contributed by atoms with Gasteiger partial charge in [-0.1, -0.05) is 6.92 Å². The maximum absolute atomic E-state index is 11.8. The van der Waals surface area contributed by atoms with Crippen LogP contribution in [0.4, 0.5) is 0 Å². The largest absolute Gasteiger partial charge is 0.465 e. The zero-order valence-corrected chi connectivity index (χ0v) is 9.99. The van der Waals surface area contributed by atoms with Crippen molar-refractivity contribution in [2.45, 2.75) is 26.8 Å². The number of carbonyl (C=O) groups excluding carboxylic acids is 1. The zero-order valence-electron chi connectivity index (χ0n) is 9.99. The number of esters is 1. The molecule has 1 rings (SSSR count). The lowest BCUT2D eigenvalue weighted by Gasteiger charge is -2.17. The van der Waals surface area contributed by atoms with Crippen LogP contribution < -0.4 is 5.32 Å². The molecule has 0 aliphatic heterocycles. The number of likely N-dealkylation sites (N-methyl/N-ethyl adjacent to an activating group) is 1. The molecule has 1 atom stereocenters. The second-order valence-electron chi connectivity index (χ2n) is 3.48. The maximum Gasteiger partial charge on any atom is 0.327 e. The molecule has 0 aromatic carbocycles. The van der Waals surface area contributed by atoms with Crippen LogP contribution in [0.3, 0.4) is 0 Å². The Morgan fingerprint density at radius 2 is 2.31 bits per heavy atom. The molecule has 0 saturated carbocycles. The summed E-state index contributed by atoms with van der Waals surface area (Å²) < 4.78 is 5.04. The molecule has 1 aromatic heterocycles. The Balaban J connectivity index is 2.93. The first kappa shape index (κ1) is 12.6. The second-order valence-corrected chi connectivity index (χ2v) is 3.48. The molecule has 0 bridgehead atoms. The van der Waals surface area contributed by atoms with Gasteiger partial charge in [-0.05, 0) is 32.0 Å². The van der Waals surface area contributed by atoms with E-state index in [1.807, 2.05) is 19.9 Å². The predicted molar refractivity (Wildman–Crippen MR) is 62.0 cm³/mol. The van der Waals surface area contributed by atoms with E-state index in [-0.39, 0.29) is 5.97 Å². The molecule has 0 aliphatic carbocycles. The van der Waals surface area contributed by atoms with Crippen LogP contribution >= 0.6 is 0 Å². The molecule has 0 fully saturated rings. The molecule has 1 N–H and O–H groups in total. The van der Waals surface area contributed by atoms with E-state index in [0.717, 1.165) is 11.1 Å². The van der Waals surface area contributed by atoms with Crippen molar-refractivity contribution in [3.8, 4) is 0 Å². The van der Waals surface area contributed by atoms with E-state index in [1.165, 1.54) is 0 Å². The van der Waals surface area contributed by atoms with Crippen LogP contribution in [0.1, 0.15) is 31.0 Å². The summed E-state index contributed by atoms with van der Waals surface area (Å²) in [6.45, 7) is 6.81. The third-order valence-corrected chi connectivity index (χ3v) is 2.32. The molecule has 0 amide bonds. The summed E-state index contributed by atoms with van der Waals surface area (Å²) in [6.07, 6.45) is 3.42. The first-order valence-electron chi connectivity index (χ1n) is 5.51. The summed E-state index contributed by atoms with van der Waals surface area (Å²) in [5, 5.41) is 3.11. The normalized spacial score (nSPS) is 12.2. The minimum absolute atomic E-state index is 0.250. The molecular weight excluding hydrogens is 204 g/mol. The molecule has 1 heterocycles. The van der Waals surface area contributed by atoms with Crippen LogP contribution in [-0.4, -0.2) is 24.1 Å². The van der Waals surface area contributed by atoms with Gasteiger partial charge in [0.2, 0.25) is 0 Å².